The molecule has 0 saturated heterocycles. The summed E-state index contributed by atoms with van der Waals surface area (Å²) in [7, 11) is 1.53. The van der Waals surface area contributed by atoms with Gasteiger partial charge in [-0.25, -0.2) is 0 Å². The van der Waals surface area contributed by atoms with E-state index < -0.39 is 0 Å². The van der Waals surface area contributed by atoms with Gasteiger partial charge in [-0.2, -0.15) is 0 Å². The minimum atomic E-state index is -0.298. The van der Waals surface area contributed by atoms with E-state index >= 15 is 0 Å². The number of ether oxygens (including phenoxy) is 1. The highest BCUT2D eigenvalue weighted by Crippen LogP contribution is 2.31. The molecule has 0 aliphatic rings. The lowest BCUT2D eigenvalue weighted by Crippen LogP contribution is -2.13. The van der Waals surface area contributed by atoms with Crippen LogP contribution in [0.2, 0.25) is 0 Å². The van der Waals surface area contributed by atoms with E-state index in [2.05, 4.69) is 4.98 Å². The van der Waals surface area contributed by atoms with Gasteiger partial charge < -0.3 is 14.8 Å². The van der Waals surface area contributed by atoms with Gasteiger partial charge in [-0.3, -0.25) is 4.79 Å². The minimum absolute atomic E-state index is 0.0107. The number of aromatic amines is 1. The number of H-pyrrole nitrogens is 1. The van der Waals surface area contributed by atoms with Gasteiger partial charge in [0.15, 0.2) is 0 Å². The lowest BCUT2D eigenvalue weighted by atomic mass is 10.0. The summed E-state index contributed by atoms with van der Waals surface area (Å²) >= 11 is 0. The van der Waals surface area contributed by atoms with Crippen molar-refractivity contribution in [3.05, 3.63) is 70.0 Å². The van der Waals surface area contributed by atoms with E-state index in [1.807, 2.05) is 30.3 Å². The Morgan fingerprint density at radius 3 is 2.57 bits per heavy atom. The van der Waals surface area contributed by atoms with Crippen molar-refractivity contribution in [3.63, 3.8) is 0 Å². The first-order valence-electron chi connectivity index (χ1n) is 6.65. The molecule has 0 radical (unpaired) electrons. The summed E-state index contributed by atoms with van der Waals surface area (Å²) in [5, 5.41) is 11.0. The first-order chi connectivity index (χ1) is 10.2. The van der Waals surface area contributed by atoms with Gasteiger partial charge in [0.25, 0.3) is 5.56 Å². The second-order valence-electron chi connectivity index (χ2n) is 4.83. The predicted octanol–water partition coefficient (Wildman–Crippen LogP) is 2.83. The van der Waals surface area contributed by atoms with E-state index in [1.165, 1.54) is 7.11 Å². The van der Waals surface area contributed by atoms with Gasteiger partial charge in [0.1, 0.15) is 11.5 Å². The second-order valence-corrected chi connectivity index (χ2v) is 4.83. The normalized spacial score (nSPS) is 10.7. The number of hydrogen-bond donors (Lipinski definition) is 2. The molecule has 0 unspecified atom stereocenters. The van der Waals surface area contributed by atoms with Gasteiger partial charge in [0.2, 0.25) is 0 Å². The van der Waals surface area contributed by atoms with Crippen LogP contribution < -0.4 is 10.3 Å². The number of fused-ring (bicyclic) bond motifs is 1. The topological polar surface area (TPSA) is 62.3 Å². The molecule has 1 heterocycles. The van der Waals surface area contributed by atoms with Gasteiger partial charge in [0, 0.05) is 11.8 Å². The molecule has 0 amide bonds. The zero-order valence-corrected chi connectivity index (χ0v) is 11.6. The fourth-order valence-electron chi connectivity index (χ4n) is 2.45. The Kier molecular flexibility index (Phi) is 3.36. The fourth-order valence-corrected chi connectivity index (χ4v) is 2.45. The van der Waals surface area contributed by atoms with Crippen LogP contribution in [-0.2, 0) is 6.42 Å². The molecule has 0 saturated carbocycles. The first kappa shape index (κ1) is 13.2. The maximum Gasteiger partial charge on any atom is 0.255 e. The number of hydrogen-bond acceptors (Lipinski definition) is 3. The third-order valence-corrected chi connectivity index (χ3v) is 3.52. The van der Waals surface area contributed by atoms with Crippen LogP contribution >= 0.6 is 0 Å². The van der Waals surface area contributed by atoms with Crippen molar-refractivity contribution in [2.75, 3.05) is 7.11 Å². The molecule has 4 heteroatoms. The van der Waals surface area contributed by atoms with E-state index in [0.29, 0.717) is 28.6 Å². The largest absolute Gasteiger partial charge is 0.507 e. The molecule has 0 atom stereocenters. The molecule has 3 aromatic rings. The zero-order valence-electron chi connectivity index (χ0n) is 11.6. The Bertz CT molecular complexity index is 838. The average molecular weight is 281 g/mol. The number of nitrogens with one attached hydrogen (secondary N) is 1. The molecule has 0 spiro atoms. The quantitative estimate of drug-likeness (QED) is 0.776. The smallest absolute Gasteiger partial charge is 0.255 e. The van der Waals surface area contributed by atoms with Crippen LogP contribution in [0.25, 0.3) is 10.9 Å². The maximum absolute atomic E-state index is 12.3. The van der Waals surface area contributed by atoms with Crippen LogP contribution in [0.1, 0.15) is 11.1 Å². The third kappa shape index (κ3) is 2.36. The first-order valence-corrected chi connectivity index (χ1v) is 6.65. The Morgan fingerprint density at radius 2 is 1.86 bits per heavy atom. The van der Waals surface area contributed by atoms with E-state index in [4.69, 9.17) is 4.74 Å². The minimum Gasteiger partial charge on any atom is -0.507 e. The summed E-state index contributed by atoms with van der Waals surface area (Å²) in [6.07, 6.45) is 0.384. The number of aromatic nitrogens is 1. The summed E-state index contributed by atoms with van der Waals surface area (Å²) in [5.74, 6) is 0.544. The number of benzene rings is 2. The molecule has 2 N–H and O–H groups in total. The van der Waals surface area contributed by atoms with Crippen molar-refractivity contribution in [1.29, 1.82) is 0 Å². The van der Waals surface area contributed by atoms with E-state index in [-0.39, 0.29) is 11.3 Å². The summed E-state index contributed by atoms with van der Waals surface area (Å²) < 4.78 is 5.21. The number of pyridine rings is 1. The summed E-state index contributed by atoms with van der Waals surface area (Å²) in [6.45, 7) is 0. The molecule has 4 nitrogen and oxygen atoms in total. The van der Waals surface area contributed by atoms with E-state index in [1.54, 1.807) is 18.2 Å². The number of aromatic hydroxyl groups is 1. The van der Waals surface area contributed by atoms with Crippen LogP contribution in [0, 0.1) is 0 Å². The molecule has 3 rings (SSSR count). The van der Waals surface area contributed by atoms with E-state index in [0.717, 1.165) is 5.56 Å². The van der Waals surface area contributed by atoms with Crippen LogP contribution in [0.5, 0.6) is 11.5 Å². The summed E-state index contributed by atoms with van der Waals surface area (Å²) in [6, 6.07) is 14.9. The van der Waals surface area contributed by atoms with Gasteiger partial charge in [-0.05, 0) is 17.7 Å². The van der Waals surface area contributed by atoms with Gasteiger partial charge >= 0.3 is 0 Å². The lowest BCUT2D eigenvalue weighted by Gasteiger charge is -2.10. The van der Waals surface area contributed by atoms with Gasteiger partial charge in [0.05, 0.1) is 18.2 Å². The molecule has 106 valence electrons. The van der Waals surface area contributed by atoms with Crippen molar-refractivity contribution < 1.29 is 9.84 Å². The lowest BCUT2D eigenvalue weighted by molar-refractivity contribution is 0.418. The highest BCUT2D eigenvalue weighted by Gasteiger charge is 2.14. The molecule has 2 aromatic carbocycles. The van der Waals surface area contributed by atoms with Crippen LogP contribution in [0.3, 0.4) is 0 Å². The Morgan fingerprint density at radius 1 is 1.10 bits per heavy atom. The predicted molar refractivity (Wildman–Crippen MR) is 82.0 cm³/mol. The SMILES string of the molecule is COc1cccc2c(O)c(Cc3ccccc3)c(=O)[nH]c12. The molecule has 0 fully saturated rings. The third-order valence-electron chi connectivity index (χ3n) is 3.52. The molecule has 0 aliphatic heterocycles. The molecule has 0 aliphatic carbocycles. The van der Waals surface area contributed by atoms with Crippen LogP contribution in [-0.4, -0.2) is 17.2 Å². The molecule has 0 bridgehead atoms. The molecular formula is C17H15NO3. The zero-order chi connectivity index (χ0) is 14.8. The van der Waals surface area contributed by atoms with Crippen molar-refractivity contribution in [1.82, 2.24) is 4.98 Å². The molecular weight excluding hydrogens is 266 g/mol. The fraction of sp³-hybridized carbons (Fsp3) is 0.118. The Hall–Kier alpha value is -2.75. The second kappa shape index (κ2) is 5.32. The van der Waals surface area contributed by atoms with Crippen LogP contribution in [0.4, 0.5) is 0 Å². The number of para-hydroxylation sites is 1. The molecule has 21 heavy (non-hydrogen) atoms. The standard InChI is InChI=1S/C17H15NO3/c1-21-14-9-5-8-12-15(14)18-17(20)13(16(12)19)10-11-6-3-2-4-7-11/h2-9H,10H2,1H3,(H2,18,19,20). The van der Waals surface area contributed by atoms with Crippen molar-refractivity contribution in [2.24, 2.45) is 0 Å². The average Bonchev–Trinajstić information content (AvgIpc) is 2.52. The van der Waals surface area contributed by atoms with Gasteiger partial charge in [-0.1, -0.05) is 36.4 Å². The summed E-state index contributed by atoms with van der Waals surface area (Å²) in [5.41, 5.74) is 1.55. The Labute approximate surface area is 121 Å². The van der Waals surface area contributed by atoms with Crippen molar-refractivity contribution in [2.45, 2.75) is 6.42 Å². The maximum atomic E-state index is 12.3. The number of methoxy groups -OCH3 is 1. The summed E-state index contributed by atoms with van der Waals surface area (Å²) in [4.78, 5) is 15.1. The van der Waals surface area contributed by atoms with Crippen LogP contribution in [0.15, 0.2) is 53.3 Å². The number of rotatable bonds is 3. The van der Waals surface area contributed by atoms with E-state index in [9.17, 15) is 9.90 Å². The Balaban J connectivity index is 2.19. The highest BCUT2D eigenvalue weighted by atomic mass is 16.5. The van der Waals surface area contributed by atoms with Gasteiger partial charge in [-0.15, -0.1) is 0 Å². The molecule has 1 aromatic heterocycles. The van der Waals surface area contributed by atoms with Crippen molar-refractivity contribution >= 4 is 10.9 Å². The highest BCUT2D eigenvalue weighted by molar-refractivity contribution is 5.90. The monoisotopic (exact) mass is 281 g/mol. The van der Waals surface area contributed by atoms with Crippen molar-refractivity contribution in [3.8, 4) is 11.5 Å².